The molecule has 2 aliphatic rings. The van der Waals surface area contributed by atoms with Crippen LogP contribution in [0.3, 0.4) is 0 Å². The molecule has 2 heterocycles. The second-order valence-electron chi connectivity index (χ2n) is 7.57. The normalized spacial score (nSPS) is 20.6. The number of hydrogen-bond donors (Lipinski definition) is 1. The van der Waals surface area contributed by atoms with E-state index in [1.807, 2.05) is 54.6 Å². The molecular formula is C23H24N2O5S. The fraction of sp³-hybridized carbons (Fsp3) is 0.348. The molecule has 2 saturated heterocycles. The first-order chi connectivity index (χ1) is 15.1. The standard InChI is InChI=1S/C23H24N2O5S/c26-21-20(31-22(27)24-21)13-16-8-10-19(11-9-16)29-15-18-7-4-12-25(18)23(28)30-14-17-5-2-1-3-6-17/h1-3,5-6,8-11,18,20H,4,7,12-15H2,(H,24,26,27)/t18-,20?/m0/s1. The molecule has 31 heavy (non-hydrogen) atoms. The summed E-state index contributed by atoms with van der Waals surface area (Å²) in [5.41, 5.74) is 1.92. The van der Waals surface area contributed by atoms with Gasteiger partial charge >= 0.3 is 6.09 Å². The summed E-state index contributed by atoms with van der Waals surface area (Å²) in [5, 5.41) is 1.62. The van der Waals surface area contributed by atoms with Crippen LogP contribution in [0.5, 0.6) is 5.75 Å². The van der Waals surface area contributed by atoms with E-state index in [1.54, 1.807) is 4.90 Å². The Kier molecular flexibility index (Phi) is 6.76. The van der Waals surface area contributed by atoms with Crippen molar-refractivity contribution in [3.63, 3.8) is 0 Å². The van der Waals surface area contributed by atoms with Crippen LogP contribution in [0.2, 0.25) is 0 Å². The minimum Gasteiger partial charge on any atom is -0.491 e. The lowest BCUT2D eigenvalue weighted by Gasteiger charge is -2.24. The zero-order valence-electron chi connectivity index (χ0n) is 17.0. The SMILES string of the molecule is O=C1NC(=O)C(Cc2ccc(OC[C@@H]3CCCN3C(=O)OCc3ccccc3)cc2)S1. The van der Waals surface area contributed by atoms with Crippen LogP contribution in [0, 0.1) is 0 Å². The second kappa shape index (κ2) is 9.87. The molecule has 3 amide bonds. The molecule has 0 aromatic heterocycles. The number of hydrogen-bond acceptors (Lipinski definition) is 6. The van der Waals surface area contributed by atoms with Gasteiger partial charge in [0.05, 0.1) is 11.3 Å². The van der Waals surface area contributed by atoms with Gasteiger partial charge in [-0.15, -0.1) is 0 Å². The third-order valence-electron chi connectivity index (χ3n) is 5.37. The third kappa shape index (κ3) is 5.58. The molecule has 2 atom stereocenters. The Labute approximate surface area is 185 Å². The van der Waals surface area contributed by atoms with Gasteiger partial charge in [0.15, 0.2) is 0 Å². The Balaban J connectivity index is 1.25. The molecule has 2 aromatic carbocycles. The van der Waals surface area contributed by atoms with Crippen molar-refractivity contribution >= 4 is 29.0 Å². The molecule has 4 rings (SSSR count). The zero-order valence-corrected chi connectivity index (χ0v) is 17.8. The van der Waals surface area contributed by atoms with E-state index in [0.29, 0.717) is 25.3 Å². The highest BCUT2D eigenvalue weighted by Gasteiger charge is 2.32. The van der Waals surface area contributed by atoms with Crippen molar-refractivity contribution in [1.29, 1.82) is 0 Å². The van der Waals surface area contributed by atoms with Crippen molar-refractivity contribution in [1.82, 2.24) is 10.2 Å². The number of likely N-dealkylation sites (tertiary alicyclic amines) is 1. The Morgan fingerprint density at radius 3 is 2.55 bits per heavy atom. The Morgan fingerprint density at radius 1 is 1.06 bits per heavy atom. The number of imide groups is 1. The molecule has 0 spiro atoms. The lowest BCUT2D eigenvalue weighted by Crippen LogP contribution is -2.39. The number of carbonyl (C=O) groups is 3. The number of carbonyl (C=O) groups excluding carboxylic acids is 3. The van der Waals surface area contributed by atoms with Crippen molar-refractivity contribution in [3.05, 3.63) is 65.7 Å². The third-order valence-corrected chi connectivity index (χ3v) is 6.35. The van der Waals surface area contributed by atoms with E-state index in [2.05, 4.69) is 5.32 Å². The van der Waals surface area contributed by atoms with Gasteiger partial charge in [-0.25, -0.2) is 4.79 Å². The first-order valence-electron chi connectivity index (χ1n) is 10.3. The van der Waals surface area contributed by atoms with Crippen LogP contribution in [0.15, 0.2) is 54.6 Å². The van der Waals surface area contributed by atoms with Crippen LogP contribution >= 0.6 is 11.8 Å². The largest absolute Gasteiger partial charge is 0.491 e. The molecule has 8 heteroatoms. The summed E-state index contributed by atoms with van der Waals surface area (Å²) in [5.74, 6) is 0.462. The maximum atomic E-state index is 12.5. The maximum absolute atomic E-state index is 12.5. The van der Waals surface area contributed by atoms with E-state index in [0.717, 1.165) is 35.7 Å². The summed E-state index contributed by atoms with van der Waals surface area (Å²) in [7, 11) is 0. The van der Waals surface area contributed by atoms with E-state index in [9.17, 15) is 14.4 Å². The van der Waals surface area contributed by atoms with Crippen molar-refractivity contribution in [2.45, 2.75) is 37.2 Å². The minimum atomic E-state index is -0.381. The Bertz CT molecular complexity index is 935. The highest BCUT2D eigenvalue weighted by Crippen LogP contribution is 2.25. The van der Waals surface area contributed by atoms with Crippen LogP contribution in [-0.4, -0.2) is 46.6 Å². The van der Waals surface area contributed by atoms with Crippen LogP contribution < -0.4 is 10.1 Å². The number of amides is 3. The summed E-state index contributed by atoms with van der Waals surface area (Å²) < 4.78 is 11.4. The quantitative estimate of drug-likeness (QED) is 0.706. The van der Waals surface area contributed by atoms with E-state index in [-0.39, 0.29) is 35.1 Å². The van der Waals surface area contributed by atoms with E-state index in [1.165, 1.54) is 0 Å². The summed E-state index contributed by atoms with van der Waals surface area (Å²) in [6.45, 7) is 1.32. The van der Waals surface area contributed by atoms with Gasteiger partial charge in [0, 0.05) is 6.54 Å². The lowest BCUT2D eigenvalue weighted by atomic mass is 10.1. The van der Waals surface area contributed by atoms with Gasteiger partial charge in [0.2, 0.25) is 5.91 Å². The molecule has 1 unspecified atom stereocenters. The van der Waals surface area contributed by atoms with Crippen LogP contribution in [0.4, 0.5) is 9.59 Å². The van der Waals surface area contributed by atoms with E-state index >= 15 is 0 Å². The molecule has 0 saturated carbocycles. The molecule has 2 aromatic rings. The van der Waals surface area contributed by atoms with Gasteiger partial charge in [-0.05, 0) is 42.5 Å². The monoisotopic (exact) mass is 440 g/mol. The molecular weight excluding hydrogens is 416 g/mol. The summed E-state index contributed by atoms with van der Waals surface area (Å²) in [4.78, 5) is 37.2. The molecule has 0 bridgehead atoms. The second-order valence-corrected chi connectivity index (χ2v) is 8.75. The average Bonchev–Trinajstić information content (AvgIpc) is 3.38. The summed E-state index contributed by atoms with van der Waals surface area (Å²) in [6.07, 6.45) is 1.98. The first-order valence-corrected chi connectivity index (χ1v) is 11.2. The molecule has 7 nitrogen and oxygen atoms in total. The van der Waals surface area contributed by atoms with Crippen molar-refractivity contribution in [2.24, 2.45) is 0 Å². The number of ether oxygens (including phenoxy) is 2. The fourth-order valence-electron chi connectivity index (χ4n) is 3.71. The smallest absolute Gasteiger partial charge is 0.410 e. The predicted molar refractivity (Wildman–Crippen MR) is 117 cm³/mol. The van der Waals surface area contributed by atoms with Crippen LogP contribution in [0.1, 0.15) is 24.0 Å². The topological polar surface area (TPSA) is 84.9 Å². The Morgan fingerprint density at radius 2 is 1.84 bits per heavy atom. The molecule has 162 valence electrons. The van der Waals surface area contributed by atoms with Gasteiger partial charge in [-0.3, -0.25) is 14.9 Å². The number of nitrogens with zero attached hydrogens (tertiary/aromatic N) is 1. The van der Waals surface area contributed by atoms with Gasteiger partial charge in [0.25, 0.3) is 5.24 Å². The van der Waals surface area contributed by atoms with Crippen molar-refractivity contribution < 1.29 is 23.9 Å². The summed E-state index contributed by atoms with van der Waals surface area (Å²) >= 11 is 1.02. The minimum absolute atomic E-state index is 0.0208. The number of thioether (sulfide) groups is 1. The van der Waals surface area contributed by atoms with E-state index < -0.39 is 0 Å². The van der Waals surface area contributed by atoms with Crippen molar-refractivity contribution in [2.75, 3.05) is 13.2 Å². The number of benzene rings is 2. The highest BCUT2D eigenvalue weighted by atomic mass is 32.2. The lowest BCUT2D eigenvalue weighted by molar-refractivity contribution is -0.118. The molecule has 0 radical (unpaired) electrons. The predicted octanol–water partition coefficient (Wildman–Crippen LogP) is 3.76. The first kappa shape index (κ1) is 21.2. The van der Waals surface area contributed by atoms with Crippen LogP contribution in [0.25, 0.3) is 0 Å². The van der Waals surface area contributed by atoms with E-state index in [4.69, 9.17) is 9.47 Å². The number of nitrogens with one attached hydrogen (secondary N) is 1. The summed E-state index contributed by atoms with van der Waals surface area (Å²) in [6, 6.07) is 17.1. The van der Waals surface area contributed by atoms with Gasteiger partial charge < -0.3 is 14.4 Å². The molecule has 2 aliphatic heterocycles. The average molecular weight is 441 g/mol. The Hall–Kier alpha value is -3.00. The maximum Gasteiger partial charge on any atom is 0.410 e. The van der Waals surface area contributed by atoms with Gasteiger partial charge in [0.1, 0.15) is 19.0 Å². The molecule has 0 aliphatic carbocycles. The van der Waals surface area contributed by atoms with Gasteiger partial charge in [-0.2, -0.15) is 0 Å². The van der Waals surface area contributed by atoms with Crippen molar-refractivity contribution in [3.8, 4) is 5.75 Å². The molecule has 1 N–H and O–H groups in total. The zero-order chi connectivity index (χ0) is 21.6. The fourth-order valence-corrected chi connectivity index (χ4v) is 4.57. The molecule has 2 fully saturated rings. The van der Waals surface area contributed by atoms with Crippen LogP contribution in [-0.2, 0) is 22.6 Å². The highest BCUT2D eigenvalue weighted by molar-refractivity contribution is 8.15. The van der Waals surface area contributed by atoms with Gasteiger partial charge in [-0.1, -0.05) is 54.2 Å². The number of rotatable bonds is 7.